The lowest BCUT2D eigenvalue weighted by molar-refractivity contribution is 1.30. The molecule has 0 aliphatic carbocycles. The van der Waals surface area contributed by atoms with Gasteiger partial charge in [0.25, 0.3) is 0 Å². The van der Waals surface area contributed by atoms with E-state index in [1.807, 2.05) is 12.3 Å². The Kier molecular flexibility index (Phi) is 2.22. The minimum absolute atomic E-state index is 1.13. The highest BCUT2D eigenvalue weighted by molar-refractivity contribution is 5.88. The Bertz CT molecular complexity index is 666. The quantitative estimate of drug-likeness (QED) is 0.665. The minimum Gasteiger partial charge on any atom is -0.354 e. The molecule has 0 radical (unpaired) electrons. The van der Waals surface area contributed by atoms with Crippen LogP contribution in [0.1, 0.15) is 11.1 Å². The fraction of sp³-hybridized carbons (Fsp3) is 0.133. The molecule has 3 rings (SSSR count). The number of H-pyrrole nitrogens is 1. The van der Waals surface area contributed by atoms with Crippen LogP contribution in [0, 0.1) is 13.8 Å². The second kappa shape index (κ2) is 3.74. The van der Waals surface area contributed by atoms with Crippen molar-refractivity contribution in [2.75, 3.05) is 0 Å². The molecule has 2 heteroatoms. The van der Waals surface area contributed by atoms with E-state index in [0.29, 0.717) is 0 Å². The average Bonchev–Trinajstić information content (AvgIpc) is 2.80. The number of hydrogen-bond donors (Lipinski definition) is 1. The van der Waals surface area contributed by atoms with E-state index in [1.165, 1.54) is 22.0 Å². The van der Waals surface area contributed by atoms with Gasteiger partial charge in [0, 0.05) is 34.6 Å². The third kappa shape index (κ3) is 1.62. The van der Waals surface area contributed by atoms with Crippen molar-refractivity contribution in [3.05, 3.63) is 53.9 Å². The van der Waals surface area contributed by atoms with Gasteiger partial charge < -0.3 is 4.98 Å². The third-order valence-corrected chi connectivity index (χ3v) is 3.30. The van der Waals surface area contributed by atoms with Crippen LogP contribution in [0.2, 0.25) is 0 Å². The number of aromatic nitrogens is 2. The van der Waals surface area contributed by atoms with E-state index in [9.17, 15) is 0 Å². The maximum atomic E-state index is 4.15. The monoisotopic (exact) mass is 222 g/mol. The first-order valence-corrected chi connectivity index (χ1v) is 5.75. The van der Waals surface area contributed by atoms with Crippen molar-refractivity contribution in [2.24, 2.45) is 0 Å². The topological polar surface area (TPSA) is 28.7 Å². The lowest BCUT2D eigenvalue weighted by Gasteiger charge is -2.00. The molecule has 17 heavy (non-hydrogen) atoms. The molecule has 0 saturated heterocycles. The molecule has 2 nitrogen and oxygen atoms in total. The summed E-state index contributed by atoms with van der Waals surface area (Å²) in [6, 6.07) is 10.5. The van der Waals surface area contributed by atoms with E-state index in [0.717, 1.165) is 11.3 Å². The van der Waals surface area contributed by atoms with Crippen LogP contribution in [0.25, 0.3) is 22.2 Å². The first-order valence-electron chi connectivity index (χ1n) is 5.75. The molecule has 2 heterocycles. The van der Waals surface area contributed by atoms with E-state index < -0.39 is 0 Å². The molecule has 0 atom stereocenters. The van der Waals surface area contributed by atoms with Gasteiger partial charge in [0.2, 0.25) is 0 Å². The van der Waals surface area contributed by atoms with Gasteiger partial charge in [-0.2, -0.15) is 0 Å². The molecular formula is C15H14N2. The van der Waals surface area contributed by atoms with Gasteiger partial charge in [-0.25, -0.2) is 0 Å². The van der Waals surface area contributed by atoms with Crippen molar-refractivity contribution >= 4 is 10.9 Å². The van der Waals surface area contributed by atoms with E-state index in [2.05, 4.69) is 48.1 Å². The molecular weight excluding hydrogens is 208 g/mol. The fourth-order valence-corrected chi connectivity index (χ4v) is 2.13. The van der Waals surface area contributed by atoms with Gasteiger partial charge in [0.15, 0.2) is 0 Å². The number of aromatic amines is 1. The summed E-state index contributed by atoms with van der Waals surface area (Å²) in [5.41, 5.74) is 6.11. The van der Waals surface area contributed by atoms with Gasteiger partial charge >= 0.3 is 0 Å². The number of benzene rings is 1. The zero-order valence-electron chi connectivity index (χ0n) is 9.99. The Hall–Kier alpha value is -2.09. The summed E-state index contributed by atoms with van der Waals surface area (Å²) in [6.45, 7) is 4.29. The molecule has 2 aromatic heterocycles. The lowest BCUT2D eigenvalue weighted by atomic mass is 10.1. The predicted molar refractivity (Wildman–Crippen MR) is 71.0 cm³/mol. The average molecular weight is 222 g/mol. The second-order valence-corrected chi connectivity index (χ2v) is 4.40. The zero-order valence-corrected chi connectivity index (χ0v) is 9.99. The Morgan fingerprint density at radius 2 is 2.00 bits per heavy atom. The van der Waals surface area contributed by atoms with Gasteiger partial charge in [0.05, 0.1) is 0 Å². The molecule has 84 valence electrons. The summed E-state index contributed by atoms with van der Waals surface area (Å²) in [5, 5.41) is 1.26. The normalized spacial score (nSPS) is 10.9. The van der Waals surface area contributed by atoms with Crippen LogP contribution in [0.4, 0.5) is 0 Å². The summed E-state index contributed by atoms with van der Waals surface area (Å²) in [6.07, 6.45) is 3.68. The SMILES string of the molecule is Cc1ccc2cc(-c3cccnc3)[nH]c2c1C. The van der Waals surface area contributed by atoms with Crippen LogP contribution >= 0.6 is 0 Å². The fourth-order valence-electron chi connectivity index (χ4n) is 2.13. The Morgan fingerprint density at radius 3 is 2.76 bits per heavy atom. The lowest BCUT2D eigenvalue weighted by Crippen LogP contribution is -1.82. The van der Waals surface area contributed by atoms with E-state index in [-0.39, 0.29) is 0 Å². The Morgan fingerprint density at radius 1 is 1.12 bits per heavy atom. The van der Waals surface area contributed by atoms with Crippen LogP contribution in [-0.4, -0.2) is 9.97 Å². The number of nitrogens with one attached hydrogen (secondary N) is 1. The van der Waals surface area contributed by atoms with Gasteiger partial charge in [-0.15, -0.1) is 0 Å². The number of nitrogens with zero attached hydrogens (tertiary/aromatic N) is 1. The number of fused-ring (bicyclic) bond motifs is 1. The summed E-state index contributed by atoms with van der Waals surface area (Å²) in [7, 11) is 0. The molecule has 0 spiro atoms. The smallest absolute Gasteiger partial charge is 0.0491 e. The van der Waals surface area contributed by atoms with Crippen molar-refractivity contribution in [3.8, 4) is 11.3 Å². The summed E-state index contributed by atoms with van der Waals surface area (Å²) in [4.78, 5) is 7.63. The van der Waals surface area contributed by atoms with Crippen molar-refractivity contribution < 1.29 is 0 Å². The van der Waals surface area contributed by atoms with Crippen molar-refractivity contribution in [2.45, 2.75) is 13.8 Å². The third-order valence-electron chi connectivity index (χ3n) is 3.30. The molecule has 0 aliphatic heterocycles. The predicted octanol–water partition coefficient (Wildman–Crippen LogP) is 3.85. The number of aryl methyl sites for hydroxylation is 2. The van der Waals surface area contributed by atoms with E-state index in [4.69, 9.17) is 0 Å². The molecule has 0 unspecified atom stereocenters. The zero-order chi connectivity index (χ0) is 11.8. The highest BCUT2D eigenvalue weighted by Gasteiger charge is 2.06. The first-order chi connectivity index (χ1) is 8.25. The van der Waals surface area contributed by atoms with Crippen LogP contribution in [0.5, 0.6) is 0 Å². The van der Waals surface area contributed by atoms with Crippen molar-refractivity contribution in [1.82, 2.24) is 9.97 Å². The maximum absolute atomic E-state index is 4.15. The number of hydrogen-bond acceptors (Lipinski definition) is 1. The van der Waals surface area contributed by atoms with E-state index >= 15 is 0 Å². The molecule has 0 bridgehead atoms. The molecule has 0 saturated carbocycles. The highest BCUT2D eigenvalue weighted by Crippen LogP contribution is 2.26. The van der Waals surface area contributed by atoms with Gasteiger partial charge in [0.1, 0.15) is 0 Å². The van der Waals surface area contributed by atoms with Crippen LogP contribution in [0.15, 0.2) is 42.7 Å². The van der Waals surface area contributed by atoms with Crippen molar-refractivity contribution in [3.63, 3.8) is 0 Å². The van der Waals surface area contributed by atoms with Crippen LogP contribution in [-0.2, 0) is 0 Å². The minimum atomic E-state index is 1.13. The molecule has 0 aliphatic rings. The van der Waals surface area contributed by atoms with Gasteiger partial charge in [-0.3, -0.25) is 4.98 Å². The summed E-state index contributed by atoms with van der Waals surface area (Å²) >= 11 is 0. The largest absolute Gasteiger partial charge is 0.354 e. The Balaban J connectivity index is 2.24. The number of rotatable bonds is 1. The van der Waals surface area contributed by atoms with Crippen LogP contribution in [0.3, 0.4) is 0 Å². The summed E-state index contributed by atoms with van der Waals surface area (Å²) < 4.78 is 0. The highest BCUT2D eigenvalue weighted by atomic mass is 14.7. The molecule has 3 aromatic rings. The number of pyridine rings is 1. The van der Waals surface area contributed by atoms with Crippen LogP contribution < -0.4 is 0 Å². The van der Waals surface area contributed by atoms with Gasteiger partial charge in [-0.1, -0.05) is 12.1 Å². The molecule has 0 amide bonds. The summed E-state index contributed by atoms with van der Waals surface area (Å²) in [5.74, 6) is 0. The standard InChI is InChI=1S/C15H14N2/c1-10-5-6-12-8-14(17-15(12)11(10)2)13-4-3-7-16-9-13/h3-9,17H,1-2H3. The molecule has 1 N–H and O–H groups in total. The Labute approximate surface area is 100 Å². The molecule has 1 aromatic carbocycles. The molecule has 0 fully saturated rings. The second-order valence-electron chi connectivity index (χ2n) is 4.40. The van der Waals surface area contributed by atoms with E-state index in [1.54, 1.807) is 6.20 Å². The van der Waals surface area contributed by atoms with Gasteiger partial charge in [-0.05, 0) is 43.2 Å². The first kappa shape index (κ1) is 10.1. The van der Waals surface area contributed by atoms with Crippen molar-refractivity contribution in [1.29, 1.82) is 0 Å². The maximum Gasteiger partial charge on any atom is 0.0491 e.